The Balaban J connectivity index is 2.71. The van der Waals surface area contributed by atoms with Crippen molar-refractivity contribution in [3.05, 3.63) is 35.3 Å². The van der Waals surface area contributed by atoms with Crippen LogP contribution in [0.25, 0.3) is 0 Å². The fraction of sp³-hybridized carbons (Fsp3) is 0.400. The molecule has 0 N–H and O–H groups in total. The Morgan fingerprint density at radius 1 is 1.00 bits per heavy atom. The zero-order valence-electron chi connectivity index (χ0n) is 9.83. The van der Waals surface area contributed by atoms with Gasteiger partial charge >= 0.3 is 0 Å². The topological polar surface area (TPSA) is 0 Å². The molecule has 0 bridgehead atoms. The number of benzene rings is 1. The highest BCUT2D eigenvalue weighted by Gasteiger charge is 2.05. The molecule has 0 radical (unpaired) electrons. The Morgan fingerprint density at radius 2 is 1.50 bits per heavy atom. The van der Waals surface area contributed by atoms with E-state index in [0.717, 1.165) is 36.8 Å². The third kappa shape index (κ3) is 0.942. The van der Waals surface area contributed by atoms with E-state index in [1.54, 1.807) is 0 Å². The summed E-state index contributed by atoms with van der Waals surface area (Å²) in [7, 11) is 0. The van der Waals surface area contributed by atoms with Crippen molar-refractivity contribution in [3.63, 3.8) is 0 Å². The molecule has 0 heterocycles. The van der Waals surface area contributed by atoms with Gasteiger partial charge in [-0.3, -0.25) is 0 Å². The maximum absolute atomic E-state index is 7.72. The predicted octanol–water partition coefficient (Wildman–Crippen LogP) is 2.57. The van der Waals surface area contributed by atoms with E-state index in [0.29, 0.717) is 0 Å². The van der Waals surface area contributed by atoms with Gasteiger partial charge < -0.3 is 0 Å². The van der Waals surface area contributed by atoms with Crippen LogP contribution in [-0.4, -0.2) is 0 Å². The average molecular weight is 136 g/mol. The number of fused-ring (bicyclic) bond motifs is 1. The lowest BCUT2D eigenvalue weighted by atomic mass is 9.92. The molecular formula is C10H12. The fourth-order valence-electron chi connectivity index (χ4n) is 1.39. The molecule has 0 saturated heterocycles. The van der Waals surface area contributed by atoms with E-state index in [-0.39, 0.29) is 24.2 Å². The lowest BCUT2D eigenvalue weighted by molar-refractivity contribution is 0.685. The zero-order valence-corrected chi connectivity index (χ0v) is 5.83. The molecule has 0 saturated carbocycles. The first-order valence-corrected chi connectivity index (χ1v) is 3.71. The van der Waals surface area contributed by atoms with E-state index in [2.05, 4.69) is 0 Å². The maximum Gasteiger partial charge on any atom is 0.0626 e. The summed E-state index contributed by atoms with van der Waals surface area (Å²) in [6.07, 6.45) is 3.67. The standard InChI is InChI=1S/C10H12/c1-2-6-10-8-4-3-7-9(10)5-1/h1-2,5-6H,3-4,7-8H2/i1D,2D,5D,6D. The summed E-state index contributed by atoms with van der Waals surface area (Å²) in [4.78, 5) is 0. The van der Waals surface area contributed by atoms with E-state index in [9.17, 15) is 0 Å². The van der Waals surface area contributed by atoms with Crippen molar-refractivity contribution in [2.45, 2.75) is 25.7 Å². The smallest absolute Gasteiger partial charge is 0.0620 e. The van der Waals surface area contributed by atoms with Crippen LogP contribution in [0.3, 0.4) is 0 Å². The van der Waals surface area contributed by atoms with Crippen LogP contribution in [0, 0.1) is 0 Å². The van der Waals surface area contributed by atoms with Crippen molar-refractivity contribution < 1.29 is 5.48 Å². The highest BCUT2D eigenvalue weighted by atomic mass is 14.1. The van der Waals surface area contributed by atoms with Gasteiger partial charge in [-0.05, 0) is 36.8 Å². The van der Waals surface area contributed by atoms with Crippen molar-refractivity contribution >= 4 is 0 Å². The van der Waals surface area contributed by atoms with Crippen molar-refractivity contribution in [2.75, 3.05) is 0 Å². The van der Waals surface area contributed by atoms with Crippen LogP contribution in [-0.2, 0) is 12.8 Å². The molecule has 0 fully saturated rings. The van der Waals surface area contributed by atoms with Gasteiger partial charge in [0, 0.05) is 0 Å². The second-order valence-corrected chi connectivity index (χ2v) is 2.66. The molecule has 0 aromatic heterocycles. The second kappa shape index (κ2) is 2.45. The molecular weight excluding hydrogens is 120 g/mol. The third-order valence-electron chi connectivity index (χ3n) is 1.96. The summed E-state index contributed by atoms with van der Waals surface area (Å²) >= 11 is 0. The fourth-order valence-corrected chi connectivity index (χ4v) is 1.39. The summed E-state index contributed by atoms with van der Waals surface area (Å²) in [6.45, 7) is 0. The summed E-state index contributed by atoms with van der Waals surface area (Å²) in [6, 6.07) is 0.160. The molecule has 0 spiro atoms. The molecule has 0 nitrogen and oxygen atoms in total. The Kier molecular flexibility index (Phi) is 0.755. The lowest BCUT2D eigenvalue weighted by Gasteiger charge is -2.13. The molecule has 10 heavy (non-hydrogen) atoms. The van der Waals surface area contributed by atoms with Gasteiger partial charge in [0.05, 0.1) is 5.48 Å². The summed E-state index contributed by atoms with van der Waals surface area (Å²) < 4.78 is 30.5. The van der Waals surface area contributed by atoms with Gasteiger partial charge in [0.25, 0.3) is 0 Å². The largest absolute Gasteiger partial charge is 0.0626 e. The van der Waals surface area contributed by atoms with E-state index in [1.807, 2.05) is 0 Å². The average Bonchev–Trinajstić information content (AvgIpc) is 2.23. The molecule has 0 heteroatoms. The Bertz CT molecular complexity index is 347. The summed E-state index contributed by atoms with van der Waals surface area (Å²) in [5, 5.41) is 0. The van der Waals surface area contributed by atoms with Gasteiger partial charge in [-0.15, -0.1) is 0 Å². The van der Waals surface area contributed by atoms with Crippen molar-refractivity contribution in [1.29, 1.82) is 0 Å². The molecule has 52 valence electrons. The van der Waals surface area contributed by atoms with Gasteiger partial charge in [-0.2, -0.15) is 0 Å². The molecule has 2 rings (SSSR count). The first-order valence-electron chi connectivity index (χ1n) is 5.71. The van der Waals surface area contributed by atoms with E-state index in [4.69, 9.17) is 5.48 Å². The van der Waals surface area contributed by atoms with Gasteiger partial charge in [0.1, 0.15) is 0 Å². The van der Waals surface area contributed by atoms with Gasteiger partial charge in [-0.25, -0.2) is 0 Å². The van der Waals surface area contributed by atoms with Crippen LogP contribution in [0.5, 0.6) is 0 Å². The molecule has 1 aromatic carbocycles. The lowest BCUT2D eigenvalue weighted by Crippen LogP contribution is -2.00. The van der Waals surface area contributed by atoms with Crippen LogP contribution >= 0.6 is 0 Å². The van der Waals surface area contributed by atoms with Crippen LogP contribution < -0.4 is 0 Å². The Labute approximate surface area is 67.5 Å². The van der Waals surface area contributed by atoms with Crippen molar-refractivity contribution in [1.82, 2.24) is 0 Å². The van der Waals surface area contributed by atoms with Crippen LogP contribution in [0.4, 0.5) is 0 Å². The maximum atomic E-state index is 7.72. The Morgan fingerprint density at radius 3 is 2.00 bits per heavy atom. The zero-order chi connectivity index (χ0) is 10.3. The monoisotopic (exact) mass is 136 g/mol. The third-order valence-corrected chi connectivity index (χ3v) is 1.96. The van der Waals surface area contributed by atoms with Crippen LogP contribution in [0.15, 0.2) is 24.2 Å². The molecule has 1 aliphatic carbocycles. The molecule has 0 atom stereocenters. The van der Waals surface area contributed by atoms with Crippen molar-refractivity contribution in [3.8, 4) is 0 Å². The van der Waals surface area contributed by atoms with Crippen LogP contribution in [0.1, 0.15) is 29.5 Å². The SMILES string of the molecule is [2H]c1c([2H])c([2H])c2c(c1[2H])CCCC2. The minimum Gasteiger partial charge on any atom is -0.0620 e. The van der Waals surface area contributed by atoms with E-state index in [1.165, 1.54) is 0 Å². The number of hydrogen-bond donors (Lipinski definition) is 0. The van der Waals surface area contributed by atoms with Gasteiger partial charge in [0.2, 0.25) is 0 Å². The molecule has 0 unspecified atom stereocenters. The summed E-state index contributed by atoms with van der Waals surface area (Å²) in [5.41, 5.74) is 1.67. The number of rotatable bonds is 0. The molecule has 1 aliphatic rings. The highest BCUT2D eigenvalue weighted by molar-refractivity contribution is 5.28. The first kappa shape index (κ1) is 3.08. The molecule has 1 aromatic rings. The second-order valence-electron chi connectivity index (χ2n) is 2.66. The minimum absolute atomic E-state index is 0.0874. The predicted molar refractivity (Wildman–Crippen MR) is 43.1 cm³/mol. The summed E-state index contributed by atoms with van der Waals surface area (Å²) in [5.74, 6) is 0. The molecule has 0 aliphatic heterocycles. The number of hydrogen-bond acceptors (Lipinski definition) is 0. The van der Waals surface area contributed by atoms with E-state index < -0.39 is 0 Å². The van der Waals surface area contributed by atoms with Crippen LogP contribution in [0.2, 0.25) is 0 Å². The quantitative estimate of drug-likeness (QED) is 0.514. The van der Waals surface area contributed by atoms with Crippen molar-refractivity contribution in [2.24, 2.45) is 0 Å². The minimum atomic E-state index is -0.0874. The van der Waals surface area contributed by atoms with Gasteiger partial charge in [0.15, 0.2) is 0 Å². The van der Waals surface area contributed by atoms with E-state index >= 15 is 0 Å². The highest BCUT2D eigenvalue weighted by Crippen LogP contribution is 2.19. The normalized spacial score (nSPS) is 22.0. The molecule has 0 amide bonds. The Hall–Kier alpha value is -0.780. The first-order chi connectivity index (χ1) is 6.63. The van der Waals surface area contributed by atoms with Gasteiger partial charge in [-0.1, -0.05) is 24.2 Å².